The van der Waals surface area contributed by atoms with E-state index in [4.69, 9.17) is 0 Å². The first kappa shape index (κ1) is 16.9. The van der Waals surface area contributed by atoms with Gasteiger partial charge in [-0.3, -0.25) is 4.79 Å². The predicted octanol–water partition coefficient (Wildman–Crippen LogP) is 1.20. The number of hydrogen-bond acceptors (Lipinski definition) is 6. The number of carbonyl (C=O) groups excluding carboxylic acids is 2. The quantitative estimate of drug-likeness (QED) is 0.417. The lowest BCUT2D eigenvalue weighted by molar-refractivity contribution is -0.145. The summed E-state index contributed by atoms with van der Waals surface area (Å²) in [6.45, 7) is 3.64. The second kappa shape index (κ2) is 7.58. The third-order valence-electron chi connectivity index (χ3n) is 2.76. The predicted molar refractivity (Wildman–Crippen MR) is 80.7 cm³/mol. The van der Waals surface area contributed by atoms with Crippen molar-refractivity contribution >= 4 is 24.5 Å². The fourth-order valence-corrected chi connectivity index (χ4v) is 2.16. The molecule has 1 atom stereocenters. The topological polar surface area (TPSA) is 87.1 Å². The molecule has 0 aliphatic carbocycles. The highest BCUT2D eigenvalue weighted by Crippen LogP contribution is 2.22. The number of carbonyl (C=O) groups is 2. The van der Waals surface area contributed by atoms with Gasteiger partial charge in [0.05, 0.1) is 7.11 Å². The number of amides is 1. The van der Waals surface area contributed by atoms with E-state index in [2.05, 4.69) is 23.9 Å². The number of methoxy groups -OCH3 is 1. The third kappa shape index (κ3) is 4.16. The highest BCUT2D eigenvalue weighted by Gasteiger charge is 2.29. The monoisotopic (exact) mass is 311 g/mol. The zero-order valence-corrected chi connectivity index (χ0v) is 12.4. The van der Waals surface area contributed by atoms with Gasteiger partial charge in [-0.05, 0) is 12.1 Å². The van der Waals surface area contributed by atoms with E-state index in [1.165, 1.54) is 30.2 Å². The van der Waals surface area contributed by atoms with Crippen molar-refractivity contribution in [2.45, 2.75) is 6.04 Å². The summed E-state index contributed by atoms with van der Waals surface area (Å²) in [6.07, 6.45) is 1.46. The molecule has 0 fully saturated rings. The number of aromatic hydroxyl groups is 2. The Morgan fingerprint density at radius 2 is 1.95 bits per heavy atom. The van der Waals surface area contributed by atoms with Gasteiger partial charge >= 0.3 is 5.97 Å². The molecule has 21 heavy (non-hydrogen) atoms. The standard InChI is InChI=1S/C14H17NO5S/c1-3-4-15(12(8-21)14(19)20-2)13(18)9-5-10(16)7-11(17)6-9/h3,5-7,12,16-17,21H,1,4,8H2,2H3. The molecule has 1 rings (SSSR count). The zero-order chi connectivity index (χ0) is 16.0. The van der Waals surface area contributed by atoms with E-state index in [1.807, 2.05) is 0 Å². The SMILES string of the molecule is C=CCN(C(=O)c1cc(O)cc(O)c1)C(CS)C(=O)OC. The van der Waals surface area contributed by atoms with Crippen LogP contribution in [0.3, 0.4) is 0 Å². The first-order valence-corrected chi connectivity index (χ1v) is 6.71. The van der Waals surface area contributed by atoms with Crippen molar-refractivity contribution in [2.75, 3.05) is 19.4 Å². The average Bonchev–Trinajstić information content (AvgIpc) is 2.45. The molecule has 1 unspecified atom stereocenters. The van der Waals surface area contributed by atoms with Crippen LogP contribution in [0.2, 0.25) is 0 Å². The van der Waals surface area contributed by atoms with Crippen molar-refractivity contribution in [1.82, 2.24) is 4.90 Å². The van der Waals surface area contributed by atoms with Crippen molar-refractivity contribution in [2.24, 2.45) is 0 Å². The smallest absolute Gasteiger partial charge is 0.329 e. The van der Waals surface area contributed by atoms with E-state index in [-0.39, 0.29) is 29.4 Å². The Labute approximate surface area is 128 Å². The Balaban J connectivity index is 3.17. The molecule has 1 aromatic rings. The average molecular weight is 311 g/mol. The van der Waals surface area contributed by atoms with Crippen molar-refractivity contribution in [3.63, 3.8) is 0 Å². The van der Waals surface area contributed by atoms with Crippen molar-refractivity contribution < 1.29 is 24.5 Å². The van der Waals surface area contributed by atoms with Gasteiger partial charge in [-0.25, -0.2) is 4.79 Å². The highest BCUT2D eigenvalue weighted by atomic mass is 32.1. The molecule has 1 amide bonds. The van der Waals surface area contributed by atoms with Crippen LogP contribution in [-0.4, -0.2) is 52.4 Å². The Bertz CT molecular complexity index is 526. The van der Waals surface area contributed by atoms with E-state index < -0.39 is 17.9 Å². The summed E-state index contributed by atoms with van der Waals surface area (Å²) in [5.41, 5.74) is 0.0463. The molecule has 0 aliphatic heterocycles. The number of thiol groups is 1. The molecule has 6 nitrogen and oxygen atoms in total. The maximum absolute atomic E-state index is 12.5. The second-order valence-corrected chi connectivity index (χ2v) is 4.57. The van der Waals surface area contributed by atoms with Crippen LogP contribution < -0.4 is 0 Å². The van der Waals surface area contributed by atoms with Crippen LogP contribution in [0.5, 0.6) is 11.5 Å². The molecule has 114 valence electrons. The van der Waals surface area contributed by atoms with Gasteiger partial charge in [0.25, 0.3) is 5.91 Å². The maximum atomic E-state index is 12.5. The molecule has 0 aliphatic rings. The minimum Gasteiger partial charge on any atom is -0.508 e. The molecule has 0 bridgehead atoms. The lowest BCUT2D eigenvalue weighted by Crippen LogP contribution is -2.47. The van der Waals surface area contributed by atoms with Gasteiger partial charge < -0.3 is 19.8 Å². The Kier molecular flexibility index (Phi) is 6.10. The number of nitrogens with zero attached hydrogens (tertiary/aromatic N) is 1. The van der Waals surface area contributed by atoms with Crippen LogP contribution >= 0.6 is 12.6 Å². The minimum absolute atomic E-state index is 0.0463. The van der Waals surface area contributed by atoms with Crippen LogP contribution in [-0.2, 0) is 9.53 Å². The molecule has 2 N–H and O–H groups in total. The largest absolute Gasteiger partial charge is 0.508 e. The molecule has 1 aromatic carbocycles. The fourth-order valence-electron chi connectivity index (χ4n) is 1.81. The van der Waals surface area contributed by atoms with Gasteiger partial charge in [0.2, 0.25) is 0 Å². The molecular weight excluding hydrogens is 294 g/mol. The summed E-state index contributed by atoms with van der Waals surface area (Å²) in [5, 5.41) is 18.9. The number of phenols is 2. The summed E-state index contributed by atoms with van der Waals surface area (Å²) in [7, 11) is 1.22. The Hall–Kier alpha value is -2.15. The van der Waals surface area contributed by atoms with Gasteiger partial charge in [-0.15, -0.1) is 6.58 Å². The van der Waals surface area contributed by atoms with Gasteiger partial charge in [0.1, 0.15) is 17.5 Å². The van der Waals surface area contributed by atoms with E-state index in [9.17, 15) is 19.8 Å². The van der Waals surface area contributed by atoms with Crippen molar-refractivity contribution in [3.8, 4) is 11.5 Å². The third-order valence-corrected chi connectivity index (χ3v) is 3.10. The molecule has 0 radical (unpaired) electrons. The molecule has 0 heterocycles. The molecule has 7 heteroatoms. The Morgan fingerprint density at radius 3 is 2.38 bits per heavy atom. The van der Waals surface area contributed by atoms with Crippen molar-refractivity contribution in [3.05, 3.63) is 36.4 Å². The number of benzene rings is 1. The minimum atomic E-state index is -0.895. The highest BCUT2D eigenvalue weighted by molar-refractivity contribution is 7.80. The van der Waals surface area contributed by atoms with Crippen LogP contribution in [0.1, 0.15) is 10.4 Å². The maximum Gasteiger partial charge on any atom is 0.329 e. The zero-order valence-electron chi connectivity index (χ0n) is 11.5. The van der Waals surface area contributed by atoms with Gasteiger partial charge in [0, 0.05) is 23.9 Å². The molecule has 0 saturated carbocycles. The number of hydrogen-bond donors (Lipinski definition) is 3. The van der Waals surface area contributed by atoms with Gasteiger partial charge in [0.15, 0.2) is 0 Å². The second-order valence-electron chi connectivity index (χ2n) is 4.21. The van der Waals surface area contributed by atoms with Gasteiger partial charge in [-0.2, -0.15) is 12.6 Å². The van der Waals surface area contributed by atoms with E-state index in [1.54, 1.807) is 0 Å². The summed E-state index contributed by atoms with van der Waals surface area (Å²) < 4.78 is 4.65. The molecule has 0 saturated heterocycles. The number of ether oxygens (including phenoxy) is 1. The van der Waals surface area contributed by atoms with Crippen molar-refractivity contribution in [1.29, 1.82) is 0 Å². The first-order valence-electron chi connectivity index (χ1n) is 6.08. The number of rotatable bonds is 6. The van der Waals surface area contributed by atoms with Crippen LogP contribution in [0.25, 0.3) is 0 Å². The summed E-state index contributed by atoms with van der Waals surface area (Å²) in [5.74, 6) is -1.60. The first-order chi connectivity index (χ1) is 9.94. The Morgan fingerprint density at radius 1 is 1.38 bits per heavy atom. The summed E-state index contributed by atoms with van der Waals surface area (Å²) >= 11 is 4.06. The lowest BCUT2D eigenvalue weighted by atomic mass is 10.1. The van der Waals surface area contributed by atoms with Crippen LogP contribution in [0.4, 0.5) is 0 Å². The van der Waals surface area contributed by atoms with Gasteiger partial charge in [-0.1, -0.05) is 6.08 Å². The number of esters is 1. The molecular formula is C14H17NO5S. The number of phenolic OH excluding ortho intramolecular Hbond substituents is 2. The summed E-state index contributed by atoms with van der Waals surface area (Å²) in [6, 6.07) is 2.61. The van der Waals surface area contributed by atoms with Crippen LogP contribution in [0, 0.1) is 0 Å². The lowest BCUT2D eigenvalue weighted by Gasteiger charge is -2.28. The summed E-state index contributed by atoms with van der Waals surface area (Å²) in [4.78, 5) is 25.4. The molecule has 0 spiro atoms. The van der Waals surface area contributed by atoms with Crippen LogP contribution in [0.15, 0.2) is 30.9 Å². The normalized spacial score (nSPS) is 11.5. The van der Waals surface area contributed by atoms with E-state index in [0.717, 1.165) is 6.07 Å². The van der Waals surface area contributed by atoms with E-state index in [0.29, 0.717) is 0 Å². The van der Waals surface area contributed by atoms with E-state index >= 15 is 0 Å². The molecule has 0 aromatic heterocycles. The fraction of sp³-hybridized carbons (Fsp3) is 0.286.